The third-order valence-corrected chi connectivity index (χ3v) is 6.98. The van der Waals surface area contributed by atoms with Gasteiger partial charge >= 0.3 is 0 Å². The third-order valence-electron chi connectivity index (χ3n) is 4.98. The van der Waals surface area contributed by atoms with Gasteiger partial charge in [-0.3, -0.25) is 4.79 Å². The molecule has 4 aromatic rings. The maximum absolute atomic E-state index is 13.2. The summed E-state index contributed by atoms with van der Waals surface area (Å²) in [4.78, 5) is 21.2. The molecule has 0 N–H and O–H groups in total. The topological polar surface area (TPSA) is 60.3 Å². The van der Waals surface area contributed by atoms with Crippen molar-refractivity contribution in [2.75, 3.05) is 31.2 Å². The van der Waals surface area contributed by atoms with Crippen LogP contribution >= 0.6 is 22.7 Å². The first-order valence-corrected chi connectivity index (χ1v) is 11.3. The SMILES string of the molecule is O=c1c2nc(N3CCOCC3)sc2c(-c2cccs2)nn1CCc1ccccc1. The van der Waals surface area contributed by atoms with Crippen molar-refractivity contribution in [2.45, 2.75) is 13.0 Å². The van der Waals surface area contributed by atoms with Crippen molar-refractivity contribution in [3.05, 3.63) is 63.8 Å². The lowest BCUT2D eigenvalue weighted by molar-refractivity contribution is 0.122. The highest BCUT2D eigenvalue weighted by atomic mass is 32.1. The van der Waals surface area contributed by atoms with Crippen LogP contribution in [0, 0.1) is 0 Å². The summed E-state index contributed by atoms with van der Waals surface area (Å²) in [7, 11) is 0. The second-order valence-electron chi connectivity index (χ2n) is 6.86. The normalized spacial score (nSPS) is 14.6. The minimum Gasteiger partial charge on any atom is -0.378 e. The van der Waals surface area contributed by atoms with E-state index in [1.165, 1.54) is 5.56 Å². The van der Waals surface area contributed by atoms with Crippen LogP contribution < -0.4 is 10.5 Å². The fourth-order valence-electron chi connectivity index (χ4n) is 3.44. The van der Waals surface area contributed by atoms with Crippen molar-refractivity contribution in [3.63, 3.8) is 0 Å². The van der Waals surface area contributed by atoms with Gasteiger partial charge in [-0.25, -0.2) is 9.67 Å². The van der Waals surface area contributed by atoms with Crippen LogP contribution in [0.1, 0.15) is 5.56 Å². The molecule has 1 fully saturated rings. The molecule has 3 aromatic heterocycles. The number of nitrogens with zero attached hydrogens (tertiary/aromatic N) is 4. The molecule has 1 aliphatic heterocycles. The fraction of sp³-hybridized carbons (Fsp3) is 0.286. The Morgan fingerprint density at radius 3 is 2.66 bits per heavy atom. The van der Waals surface area contributed by atoms with Crippen molar-refractivity contribution in [1.29, 1.82) is 0 Å². The zero-order chi connectivity index (χ0) is 19.6. The van der Waals surface area contributed by atoms with Crippen LogP contribution in [0.5, 0.6) is 0 Å². The predicted octanol–water partition coefficient (Wildman–Crippen LogP) is 3.66. The third kappa shape index (κ3) is 3.71. The summed E-state index contributed by atoms with van der Waals surface area (Å²) in [6.45, 7) is 3.50. The van der Waals surface area contributed by atoms with Gasteiger partial charge in [-0.2, -0.15) is 5.10 Å². The number of aryl methyl sites for hydroxylation is 2. The monoisotopic (exact) mass is 424 g/mol. The lowest BCUT2D eigenvalue weighted by Crippen LogP contribution is -2.36. The van der Waals surface area contributed by atoms with E-state index in [1.54, 1.807) is 27.4 Å². The number of rotatable bonds is 5. The van der Waals surface area contributed by atoms with Gasteiger partial charge in [0.1, 0.15) is 5.69 Å². The highest BCUT2D eigenvalue weighted by molar-refractivity contribution is 7.23. The Morgan fingerprint density at radius 1 is 1.07 bits per heavy atom. The minimum atomic E-state index is -0.119. The molecular weight excluding hydrogens is 404 g/mol. The average molecular weight is 425 g/mol. The van der Waals surface area contributed by atoms with E-state index in [0.717, 1.165) is 39.9 Å². The molecule has 0 radical (unpaired) electrons. The standard InChI is InChI=1S/C21H20N4O2S2/c26-20-18-19(29-21(22-18)24-10-12-27-13-11-24)17(16-7-4-14-28-16)23-25(20)9-8-15-5-2-1-3-6-15/h1-7,14H,8-13H2. The van der Waals surface area contributed by atoms with E-state index in [0.29, 0.717) is 25.3 Å². The van der Waals surface area contributed by atoms with Crippen molar-refractivity contribution in [1.82, 2.24) is 14.8 Å². The van der Waals surface area contributed by atoms with Crippen LogP contribution in [-0.4, -0.2) is 41.1 Å². The maximum Gasteiger partial charge on any atom is 0.294 e. The molecule has 0 unspecified atom stereocenters. The number of hydrogen-bond acceptors (Lipinski definition) is 7. The van der Waals surface area contributed by atoms with Gasteiger partial charge < -0.3 is 9.64 Å². The first-order chi connectivity index (χ1) is 14.3. The number of fused-ring (bicyclic) bond motifs is 1. The number of hydrogen-bond donors (Lipinski definition) is 0. The summed E-state index contributed by atoms with van der Waals surface area (Å²) < 4.78 is 7.90. The molecule has 0 bridgehead atoms. The molecule has 1 saturated heterocycles. The van der Waals surface area contributed by atoms with E-state index in [2.05, 4.69) is 17.0 Å². The van der Waals surface area contributed by atoms with Gasteiger partial charge in [-0.15, -0.1) is 11.3 Å². The molecule has 148 valence electrons. The Balaban J connectivity index is 1.58. The second-order valence-corrected chi connectivity index (χ2v) is 8.79. The molecule has 29 heavy (non-hydrogen) atoms. The van der Waals surface area contributed by atoms with Crippen LogP contribution in [0.25, 0.3) is 20.8 Å². The number of morpholine rings is 1. The Bertz CT molecular complexity index is 1160. The van der Waals surface area contributed by atoms with Crippen LogP contribution in [0.15, 0.2) is 52.6 Å². The summed E-state index contributed by atoms with van der Waals surface area (Å²) in [5.74, 6) is 0. The van der Waals surface area contributed by atoms with Gasteiger partial charge in [0.25, 0.3) is 5.56 Å². The van der Waals surface area contributed by atoms with Gasteiger partial charge in [0.15, 0.2) is 10.6 Å². The second kappa shape index (κ2) is 8.06. The van der Waals surface area contributed by atoms with Gasteiger partial charge in [-0.05, 0) is 23.4 Å². The lowest BCUT2D eigenvalue weighted by atomic mass is 10.1. The van der Waals surface area contributed by atoms with Gasteiger partial charge in [0.2, 0.25) is 0 Å². The number of anilines is 1. The van der Waals surface area contributed by atoms with Crippen LogP contribution in [0.4, 0.5) is 5.13 Å². The first kappa shape index (κ1) is 18.5. The number of aromatic nitrogens is 3. The molecular formula is C21H20N4O2S2. The van der Waals surface area contributed by atoms with Crippen molar-refractivity contribution in [2.24, 2.45) is 0 Å². The van der Waals surface area contributed by atoms with E-state index >= 15 is 0 Å². The van der Waals surface area contributed by atoms with Crippen molar-refractivity contribution < 1.29 is 4.74 Å². The van der Waals surface area contributed by atoms with E-state index in [1.807, 2.05) is 35.7 Å². The van der Waals surface area contributed by atoms with Crippen LogP contribution in [-0.2, 0) is 17.7 Å². The number of ether oxygens (including phenoxy) is 1. The summed E-state index contributed by atoms with van der Waals surface area (Å²) in [6.07, 6.45) is 0.754. The molecule has 5 rings (SSSR count). The van der Waals surface area contributed by atoms with Crippen LogP contribution in [0.3, 0.4) is 0 Å². The Hall–Kier alpha value is -2.55. The fourth-order valence-corrected chi connectivity index (χ4v) is 5.33. The van der Waals surface area contributed by atoms with E-state index in [4.69, 9.17) is 14.8 Å². The molecule has 0 atom stereocenters. The highest BCUT2D eigenvalue weighted by Gasteiger charge is 2.21. The molecule has 0 amide bonds. The summed E-state index contributed by atoms with van der Waals surface area (Å²) in [5, 5.41) is 7.67. The number of thiazole rings is 1. The average Bonchev–Trinajstić information content (AvgIpc) is 3.46. The molecule has 6 nitrogen and oxygen atoms in total. The minimum absolute atomic E-state index is 0.119. The van der Waals surface area contributed by atoms with E-state index in [-0.39, 0.29) is 5.56 Å². The zero-order valence-corrected chi connectivity index (χ0v) is 17.4. The quantitative estimate of drug-likeness (QED) is 0.489. The van der Waals surface area contributed by atoms with Gasteiger partial charge in [0, 0.05) is 19.6 Å². The molecule has 0 saturated carbocycles. The Morgan fingerprint density at radius 2 is 1.90 bits per heavy atom. The Labute approximate surface area is 176 Å². The molecule has 1 aliphatic rings. The molecule has 8 heteroatoms. The van der Waals surface area contributed by atoms with E-state index < -0.39 is 0 Å². The number of benzene rings is 1. The smallest absolute Gasteiger partial charge is 0.294 e. The molecule has 4 heterocycles. The molecule has 1 aromatic carbocycles. The summed E-state index contributed by atoms with van der Waals surface area (Å²) in [5.41, 5.74) is 2.43. The van der Waals surface area contributed by atoms with Crippen LogP contribution in [0.2, 0.25) is 0 Å². The molecule has 0 aliphatic carbocycles. The summed E-state index contributed by atoms with van der Waals surface area (Å²) >= 11 is 3.19. The largest absolute Gasteiger partial charge is 0.378 e. The van der Waals surface area contributed by atoms with Crippen molar-refractivity contribution in [3.8, 4) is 10.6 Å². The predicted molar refractivity (Wildman–Crippen MR) is 118 cm³/mol. The van der Waals surface area contributed by atoms with Gasteiger partial charge in [0.05, 0.1) is 22.8 Å². The maximum atomic E-state index is 13.2. The van der Waals surface area contributed by atoms with E-state index in [9.17, 15) is 4.79 Å². The Kier molecular flexibility index (Phi) is 5.13. The van der Waals surface area contributed by atoms with Crippen molar-refractivity contribution >= 4 is 38.0 Å². The zero-order valence-electron chi connectivity index (χ0n) is 15.8. The summed E-state index contributed by atoms with van der Waals surface area (Å²) in [6, 6.07) is 14.2. The lowest BCUT2D eigenvalue weighted by Gasteiger charge is -2.25. The van der Waals surface area contributed by atoms with Gasteiger partial charge in [-0.1, -0.05) is 47.7 Å². The molecule has 0 spiro atoms. The highest BCUT2D eigenvalue weighted by Crippen LogP contribution is 2.35. The first-order valence-electron chi connectivity index (χ1n) is 9.62. The number of thiophene rings is 1.